The Hall–Kier alpha value is -2.83. The number of hydrogen-bond acceptors (Lipinski definition) is 4. The third kappa shape index (κ3) is 5.09. The van der Waals surface area contributed by atoms with Crippen LogP contribution in [0.25, 0.3) is 0 Å². The molecule has 0 spiro atoms. The molecule has 7 heteroatoms. The van der Waals surface area contributed by atoms with Gasteiger partial charge in [0.15, 0.2) is 0 Å². The van der Waals surface area contributed by atoms with Gasteiger partial charge in [0.1, 0.15) is 0 Å². The Morgan fingerprint density at radius 3 is 2.59 bits per heavy atom. The lowest BCUT2D eigenvalue weighted by Crippen LogP contribution is -2.43. The second-order valence-corrected chi connectivity index (χ2v) is 6.65. The highest BCUT2D eigenvalue weighted by Gasteiger charge is 2.27. The Kier molecular flexibility index (Phi) is 6.46. The van der Waals surface area contributed by atoms with Crippen molar-refractivity contribution < 1.29 is 14.3 Å². The van der Waals surface area contributed by atoms with Crippen molar-refractivity contribution >= 4 is 12.0 Å². The van der Waals surface area contributed by atoms with Crippen LogP contribution in [-0.4, -0.2) is 46.4 Å². The minimum Gasteiger partial charge on any atom is -0.450 e. The predicted octanol–water partition coefficient (Wildman–Crippen LogP) is 2.42. The number of benzene rings is 1. The number of amides is 2. The third-order valence-electron chi connectivity index (χ3n) is 4.85. The van der Waals surface area contributed by atoms with Gasteiger partial charge >= 0.3 is 6.09 Å². The maximum absolute atomic E-state index is 12.5. The molecule has 0 saturated carbocycles. The van der Waals surface area contributed by atoms with Gasteiger partial charge in [-0.3, -0.25) is 9.48 Å². The van der Waals surface area contributed by atoms with E-state index >= 15 is 0 Å². The molecule has 1 saturated heterocycles. The highest BCUT2D eigenvalue weighted by Crippen LogP contribution is 2.18. The molecule has 0 radical (unpaired) electrons. The van der Waals surface area contributed by atoms with Crippen LogP contribution in [0.4, 0.5) is 4.79 Å². The van der Waals surface area contributed by atoms with Gasteiger partial charge < -0.3 is 15.0 Å². The summed E-state index contributed by atoms with van der Waals surface area (Å²) in [4.78, 5) is 26.0. The van der Waals surface area contributed by atoms with Gasteiger partial charge in [-0.2, -0.15) is 5.10 Å². The van der Waals surface area contributed by atoms with E-state index in [0.717, 1.165) is 11.1 Å². The second kappa shape index (κ2) is 9.21. The molecule has 1 N–H and O–H groups in total. The van der Waals surface area contributed by atoms with E-state index in [1.165, 1.54) is 0 Å². The average Bonchev–Trinajstić information content (AvgIpc) is 3.20. The van der Waals surface area contributed by atoms with Crippen LogP contribution in [0.15, 0.2) is 42.7 Å². The Balaban J connectivity index is 1.51. The summed E-state index contributed by atoms with van der Waals surface area (Å²) in [7, 11) is 0. The van der Waals surface area contributed by atoms with E-state index in [1.807, 2.05) is 35.1 Å². The molecule has 2 amide bonds. The number of carbonyl (C=O) groups excluding carboxylic acids is 2. The topological polar surface area (TPSA) is 76.5 Å². The van der Waals surface area contributed by atoms with Crippen molar-refractivity contribution in [1.29, 1.82) is 0 Å². The minimum absolute atomic E-state index is 0.0485. The highest BCUT2D eigenvalue weighted by atomic mass is 16.6. The van der Waals surface area contributed by atoms with Crippen molar-refractivity contribution in [3.05, 3.63) is 53.9 Å². The summed E-state index contributed by atoms with van der Waals surface area (Å²) in [6.45, 7) is 4.46. The molecule has 0 bridgehead atoms. The van der Waals surface area contributed by atoms with E-state index in [0.29, 0.717) is 45.6 Å². The molecule has 0 aliphatic carbocycles. The zero-order valence-electron chi connectivity index (χ0n) is 15.6. The number of nitrogens with zero attached hydrogens (tertiary/aromatic N) is 3. The number of carbonyl (C=O) groups is 2. The number of nitrogens with one attached hydrogen (secondary N) is 1. The van der Waals surface area contributed by atoms with Crippen molar-refractivity contribution in [1.82, 2.24) is 20.0 Å². The third-order valence-corrected chi connectivity index (χ3v) is 4.85. The van der Waals surface area contributed by atoms with E-state index in [-0.39, 0.29) is 17.9 Å². The molecular weight excluding hydrogens is 344 g/mol. The summed E-state index contributed by atoms with van der Waals surface area (Å²) >= 11 is 0. The van der Waals surface area contributed by atoms with Gasteiger partial charge in [-0.05, 0) is 37.0 Å². The number of likely N-dealkylation sites (tertiary alicyclic amines) is 1. The SMILES string of the molecule is CCOC(=O)N1CCC(C(=O)NCc2ccccc2Cn2cccn2)CC1. The van der Waals surface area contributed by atoms with Crippen LogP contribution in [0.3, 0.4) is 0 Å². The maximum Gasteiger partial charge on any atom is 0.409 e. The number of ether oxygens (including phenoxy) is 1. The normalized spacial score (nSPS) is 14.8. The summed E-state index contributed by atoms with van der Waals surface area (Å²) in [6, 6.07) is 9.96. The van der Waals surface area contributed by atoms with Crippen molar-refractivity contribution in [3.63, 3.8) is 0 Å². The van der Waals surface area contributed by atoms with Crippen LogP contribution < -0.4 is 5.32 Å². The first kappa shape index (κ1) is 18.9. The van der Waals surface area contributed by atoms with Gasteiger partial charge in [0, 0.05) is 37.9 Å². The van der Waals surface area contributed by atoms with Crippen LogP contribution in [-0.2, 0) is 22.6 Å². The molecule has 0 atom stereocenters. The minimum atomic E-state index is -0.288. The van der Waals surface area contributed by atoms with Crippen LogP contribution in [0.2, 0.25) is 0 Å². The number of hydrogen-bond donors (Lipinski definition) is 1. The quantitative estimate of drug-likeness (QED) is 0.847. The summed E-state index contributed by atoms with van der Waals surface area (Å²) in [5.74, 6) is -0.0126. The zero-order chi connectivity index (χ0) is 19.1. The van der Waals surface area contributed by atoms with E-state index in [4.69, 9.17) is 4.74 Å². The first-order chi connectivity index (χ1) is 13.2. The van der Waals surface area contributed by atoms with E-state index in [9.17, 15) is 9.59 Å². The van der Waals surface area contributed by atoms with Gasteiger partial charge in [-0.25, -0.2) is 4.79 Å². The maximum atomic E-state index is 12.5. The average molecular weight is 370 g/mol. The Labute approximate surface area is 159 Å². The Morgan fingerprint density at radius 2 is 1.93 bits per heavy atom. The second-order valence-electron chi connectivity index (χ2n) is 6.65. The van der Waals surface area contributed by atoms with Gasteiger partial charge in [-0.15, -0.1) is 0 Å². The molecule has 2 aromatic rings. The van der Waals surface area contributed by atoms with Crippen molar-refractivity contribution in [2.24, 2.45) is 5.92 Å². The molecule has 0 unspecified atom stereocenters. The van der Waals surface area contributed by atoms with Gasteiger partial charge in [0.2, 0.25) is 5.91 Å². The first-order valence-electron chi connectivity index (χ1n) is 9.41. The lowest BCUT2D eigenvalue weighted by atomic mass is 9.96. The number of rotatable bonds is 6. The molecule has 7 nitrogen and oxygen atoms in total. The molecule has 27 heavy (non-hydrogen) atoms. The van der Waals surface area contributed by atoms with Crippen LogP contribution in [0, 0.1) is 5.92 Å². The molecule has 1 fully saturated rings. The number of piperidine rings is 1. The zero-order valence-corrected chi connectivity index (χ0v) is 15.6. The van der Waals surface area contributed by atoms with Crippen molar-refractivity contribution in [2.45, 2.75) is 32.9 Å². The summed E-state index contributed by atoms with van der Waals surface area (Å²) in [6.07, 6.45) is 4.72. The highest BCUT2D eigenvalue weighted by molar-refractivity contribution is 5.79. The van der Waals surface area contributed by atoms with Crippen LogP contribution in [0.1, 0.15) is 30.9 Å². The van der Waals surface area contributed by atoms with Crippen LogP contribution >= 0.6 is 0 Å². The van der Waals surface area contributed by atoms with Crippen LogP contribution in [0.5, 0.6) is 0 Å². The molecule has 1 aliphatic heterocycles. The van der Waals surface area contributed by atoms with Crippen molar-refractivity contribution in [3.8, 4) is 0 Å². The molecule has 1 aliphatic rings. The first-order valence-corrected chi connectivity index (χ1v) is 9.41. The molecule has 1 aromatic carbocycles. The van der Waals surface area contributed by atoms with E-state index in [1.54, 1.807) is 18.0 Å². The molecule has 1 aromatic heterocycles. The standard InChI is InChI=1S/C20H26N4O3/c1-2-27-20(26)23-12-8-16(9-13-23)19(25)21-14-17-6-3-4-7-18(17)15-24-11-5-10-22-24/h3-7,10-11,16H,2,8-9,12-15H2,1H3,(H,21,25). The Morgan fingerprint density at radius 1 is 1.19 bits per heavy atom. The lowest BCUT2D eigenvalue weighted by molar-refractivity contribution is -0.126. The number of aromatic nitrogens is 2. The fraction of sp³-hybridized carbons (Fsp3) is 0.450. The molecule has 3 rings (SSSR count). The smallest absolute Gasteiger partial charge is 0.409 e. The van der Waals surface area contributed by atoms with Crippen molar-refractivity contribution in [2.75, 3.05) is 19.7 Å². The van der Waals surface area contributed by atoms with Gasteiger partial charge in [0.05, 0.1) is 13.2 Å². The fourth-order valence-electron chi connectivity index (χ4n) is 3.32. The molecule has 2 heterocycles. The Bertz CT molecular complexity index is 752. The molecular formula is C20H26N4O3. The van der Waals surface area contributed by atoms with Gasteiger partial charge in [0.25, 0.3) is 0 Å². The fourth-order valence-corrected chi connectivity index (χ4v) is 3.32. The largest absolute Gasteiger partial charge is 0.450 e. The molecule has 144 valence electrons. The lowest BCUT2D eigenvalue weighted by Gasteiger charge is -2.30. The van der Waals surface area contributed by atoms with E-state index in [2.05, 4.69) is 16.5 Å². The van der Waals surface area contributed by atoms with E-state index < -0.39 is 0 Å². The summed E-state index contributed by atoms with van der Waals surface area (Å²) in [5.41, 5.74) is 2.23. The summed E-state index contributed by atoms with van der Waals surface area (Å²) in [5, 5.41) is 7.30. The van der Waals surface area contributed by atoms with Gasteiger partial charge in [-0.1, -0.05) is 24.3 Å². The summed E-state index contributed by atoms with van der Waals surface area (Å²) < 4.78 is 6.88. The monoisotopic (exact) mass is 370 g/mol. The predicted molar refractivity (Wildman–Crippen MR) is 101 cm³/mol.